The Kier molecular flexibility index (Phi) is 7.14. The summed E-state index contributed by atoms with van der Waals surface area (Å²) in [6, 6.07) is 0. The second-order valence-corrected chi connectivity index (χ2v) is 9.95. The zero-order valence-electron chi connectivity index (χ0n) is 16.3. The molecule has 1 atom stereocenters. The van der Waals surface area contributed by atoms with Crippen molar-refractivity contribution in [3.63, 3.8) is 0 Å². The van der Waals surface area contributed by atoms with E-state index in [1.807, 2.05) is 0 Å². The zero-order valence-corrected chi connectivity index (χ0v) is 17.1. The van der Waals surface area contributed by atoms with Gasteiger partial charge in [0.05, 0.1) is 4.75 Å². The largest absolute Gasteiger partial charge is 0.381 e. The average molecular weight is 374 g/mol. The van der Waals surface area contributed by atoms with Crippen molar-refractivity contribution in [1.82, 2.24) is 10.2 Å². The monoisotopic (exact) mass is 373 g/mol. The molecule has 146 valence electrons. The van der Waals surface area contributed by atoms with E-state index in [0.29, 0.717) is 38.5 Å². The first-order chi connectivity index (χ1) is 11.9. The van der Waals surface area contributed by atoms with E-state index >= 15 is 0 Å². The Bertz CT molecular complexity index is 552. The predicted molar refractivity (Wildman–Crippen MR) is 103 cm³/mol. The maximum Gasteiger partial charge on any atom is 0.193 e. The molecule has 0 aliphatic carbocycles. The fraction of sp³-hybridized carbons (Fsp3) is 0.944. The average Bonchev–Trinajstić information content (AvgIpc) is 3.06. The van der Waals surface area contributed by atoms with Crippen LogP contribution in [0, 0.1) is 11.8 Å². The number of rotatable bonds is 6. The minimum absolute atomic E-state index is 0.411. The van der Waals surface area contributed by atoms with Gasteiger partial charge in [-0.05, 0) is 31.1 Å². The maximum absolute atomic E-state index is 12.4. The van der Waals surface area contributed by atoms with Gasteiger partial charge < -0.3 is 15.0 Å². The van der Waals surface area contributed by atoms with E-state index in [1.165, 1.54) is 25.5 Å². The first-order valence-electron chi connectivity index (χ1n) is 9.59. The minimum Gasteiger partial charge on any atom is -0.381 e. The molecule has 0 aromatic carbocycles. The molecule has 2 aliphatic rings. The van der Waals surface area contributed by atoms with E-state index < -0.39 is 14.6 Å². The number of sulfone groups is 1. The van der Waals surface area contributed by atoms with Crippen molar-refractivity contribution in [2.45, 2.75) is 50.7 Å². The number of guanidine groups is 1. The third kappa shape index (κ3) is 4.67. The summed E-state index contributed by atoms with van der Waals surface area (Å²) in [5, 5.41) is 3.37. The summed E-state index contributed by atoms with van der Waals surface area (Å²) >= 11 is 0. The van der Waals surface area contributed by atoms with Gasteiger partial charge in [-0.2, -0.15) is 0 Å². The summed E-state index contributed by atoms with van der Waals surface area (Å²) in [5.41, 5.74) is 0. The lowest BCUT2D eigenvalue weighted by atomic mass is 9.87. The van der Waals surface area contributed by atoms with Crippen LogP contribution < -0.4 is 5.32 Å². The minimum atomic E-state index is -3.16. The molecule has 0 amide bonds. The smallest absolute Gasteiger partial charge is 0.193 e. The Morgan fingerprint density at radius 2 is 1.96 bits per heavy atom. The van der Waals surface area contributed by atoms with Gasteiger partial charge in [0.2, 0.25) is 0 Å². The number of nitrogens with one attached hydrogen (secondary N) is 1. The van der Waals surface area contributed by atoms with E-state index in [-0.39, 0.29) is 0 Å². The molecule has 1 N–H and O–H groups in total. The van der Waals surface area contributed by atoms with E-state index in [2.05, 4.69) is 29.1 Å². The van der Waals surface area contributed by atoms with E-state index in [9.17, 15) is 8.42 Å². The molecule has 2 aliphatic heterocycles. The summed E-state index contributed by atoms with van der Waals surface area (Å²) in [6.45, 7) is 7.97. The van der Waals surface area contributed by atoms with Gasteiger partial charge in [-0.25, -0.2) is 8.42 Å². The van der Waals surface area contributed by atoms with Gasteiger partial charge in [0.15, 0.2) is 15.8 Å². The van der Waals surface area contributed by atoms with E-state index in [4.69, 9.17) is 4.74 Å². The lowest BCUT2D eigenvalue weighted by molar-refractivity contribution is 0.0754. The van der Waals surface area contributed by atoms with Gasteiger partial charge in [-0.3, -0.25) is 4.99 Å². The summed E-state index contributed by atoms with van der Waals surface area (Å²) in [4.78, 5) is 6.71. The second kappa shape index (κ2) is 8.71. The Hall–Kier alpha value is -0.820. The fourth-order valence-corrected chi connectivity index (χ4v) is 5.56. The zero-order chi connectivity index (χ0) is 18.5. The van der Waals surface area contributed by atoms with Crippen LogP contribution in [-0.2, 0) is 14.6 Å². The van der Waals surface area contributed by atoms with Crippen LogP contribution in [-0.4, -0.2) is 70.2 Å². The molecule has 0 aromatic heterocycles. The van der Waals surface area contributed by atoms with Gasteiger partial charge in [-0.1, -0.05) is 26.7 Å². The van der Waals surface area contributed by atoms with Crippen LogP contribution in [0.1, 0.15) is 46.0 Å². The summed E-state index contributed by atoms with van der Waals surface area (Å²) in [7, 11) is -1.38. The summed E-state index contributed by atoms with van der Waals surface area (Å²) in [5.74, 6) is 2.31. The van der Waals surface area contributed by atoms with Gasteiger partial charge in [0.25, 0.3) is 0 Å². The van der Waals surface area contributed by atoms with Crippen LogP contribution in [0.25, 0.3) is 0 Å². The highest BCUT2D eigenvalue weighted by atomic mass is 32.2. The first-order valence-corrected chi connectivity index (χ1v) is 11.5. The molecule has 0 radical (unpaired) electrons. The molecule has 0 saturated carbocycles. The molecular formula is C18H35N3O3S. The van der Waals surface area contributed by atoms with Crippen molar-refractivity contribution in [3.05, 3.63) is 0 Å². The molecule has 2 fully saturated rings. The summed E-state index contributed by atoms with van der Waals surface area (Å²) in [6.07, 6.45) is 6.08. The first kappa shape index (κ1) is 20.5. The molecule has 2 heterocycles. The number of hydrogen-bond donors (Lipinski definition) is 1. The molecule has 0 spiro atoms. The van der Waals surface area contributed by atoms with Crippen molar-refractivity contribution in [1.29, 1.82) is 0 Å². The molecular weight excluding hydrogens is 338 g/mol. The number of aliphatic imine (C=N–C) groups is 1. The van der Waals surface area contributed by atoms with Crippen molar-refractivity contribution in [3.8, 4) is 0 Å². The molecule has 1 unspecified atom stereocenters. The molecule has 0 aromatic rings. The Morgan fingerprint density at radius 1 is 1.32 bits per heavy atom. The quantitative estimate of drug-likeness (QED) is 0.569. The van der Waals surface area contributed by atoms with Gasteiger partial charge in [-0.15, -0.1) is 0 Å². The third-order valence-corrected chi connectivity index (χ3v) is 8.34. The van der Waals surface area contributed by atoms with Gasteiger partial charge in [0, 0.05) is 46.2 Å². The molecule has 2 saturated heterocycles. The highest BCUT2D eigenvalue weighted by Crippen LogP contribution is 2.30. The van der Waals surface area contributed by atoms with Crippen LogP contribution in [0.4, 0.5) is 0 Å². The number of nitrogens with zero attached hydrogens (tertiary/aromatic N) is 2. The molecule has 2 rings (SSSR count). The standard InChI is InChI=1S/C18H35N3O3S/c1-5-15(6-2)16-7-10-21(13-16)17(19-3)20-14-18(25(4,22)23)8-11-24-12-9-18/h15-16H,5-14H2,1-4H3,(H,19,20). The van der Waals surface area contributed by atoms with Crippen molar-refractivity contribution >= 4 is 15.8 Å². The Labute approximate surface area is 153 Å². The molecule has 6 nitrogen and oxygen atoms in total. The van der Waals surface area contributed by atoms with Crippen LogP contribution in [0.15, 0.2) is 4.99 Å². The highest BCUT2D eigenvalue weighted by molar-refractivity contribution is 7.92. The molecule has 0 bridgehead atoms. The molecule has 25 heavy (non-hydrogen) atoms. The lowest BCUT2D eigenvalue weighted by Gasteiger charge is -2.36. The third-order valence-electron chi connectivity index (χ3n) is 6.21. The van der Waals surface area contributed by atoms with Gasteiger partial charge in [0.1, 0.15) is 0 Å². The Morgan fingerprint density at radius 3 is 2.48 bits per heavy atom. The van der Waals surface area contributed by atoms with Crippen LogP contribution >= 0.6 is 0 Å². The normalized spacial score (nSPS) is 24.8. The number of hydrogen-bond acceptors (Lipinski definition) is 4. The van der Waals surface area contributed by atoms with Crippen molar-refractivity contribution in [2.24, 2.45) is 16.8 Å². The lowest BCUT2D eigenvalue weighted by Crippen LogP contribution is -2.54. The van der Waals surface area contributed by atoms with Gasteiger partial charge >= 0.3 is 0 Å². The SMILES string of the molecule is CCC(CC)C1CCN(C(=NC)NCC2(S(C)(=O)=O)CCOCC2)C1. The van der Waals surface area contributed by atoms with Crippen molar-refractivity contribution in [2.75, 3.05) is 46.2 Å². The predicted octanol–water partition coefficient (Wildman–Crippen LogP) is 1.91. The van der Waals surface area contributed by atoms with Crippen LogP contribution in [0.5, 0.6) is 0 Å². The number of likely N-dealkylation sites (tertiary alicyclic amines) is 1. The molecule has 7 heteroatoms. The van der Waals surface area contributed by atoms with Crippen molar-refractivity contribution < 1.29 is 13.2 Å². The highest BCUT2D eigenvalue weighted by Gasteiger charge is 2.42. The number of ether oxygens (including phenoxy) is 1. The van der Waals surface area contributed by atoms with E-state index in [1.54, 1.807) is 7.05 Å². The fourth-order valence-electron chi connectivity index (χ4n) is 4.31. The topological polar surface area (TPSA) is 71.0 Å². The Balaban J connectivity index is 2.00. The van der Waals surface area contributed by atoms with Crippen LogP contribution in [0.3, 0.4) is 0 Å². The van der Waals surface area contributed by atoms with E-state index in [0.717, 1.165) is 25.0 Å². The second-order valence-electron chi connectivity index (χ2n) is 7.54. The van der Waals surface area contributed by atoms with Crippen LogP contribution in [0.2, 0.25) is 0 Å². The maximum atomic E-state index is 12.4. The summed E-state index contributed by atoms with van der Waals surface area (Å²) < 4.78 is 29.4.